The Hall–Kier alpha value is -0.830. The number of hydrogen-bond acceptors (Lipinski definition) is 2. The van der Waals surface area contributed by atoms with E-state index >= 15 is 0 Å². The van der Waals surface area contributed by atoms with Crippen LogP contribution in [-0.4, -0.2) is 16.3 Å². The number of rotatable bonds is 5. The Balaban J connectivity index is 2.39. The molecule has 0 atom stereocenters. The Morgan fingerprint density at radius 3 is 2.73 bits per heavy atom. The summed E-state index contributed by atoms with van der Waals surface area (Å²) in [7, 11) is 0. The van der Waals surface area contributed by atoms with Crippen LogP contribution >= 0.6 is 0 Å². The minimum Gasteiger partial charge on any atom is -0.311 e. The zero-order chi connectivity index (χ0) is 11.3. The molecule has 0 spiro atoms. The summed E-state index contributed by atoms with van der Waals surface area (Å²) in [4.78, 5) is 0. The molecule has 0 saturated heterocycles. The van der Waals surface area contributed by atoms with Crippen LogP contribution in [0, 0.1) is 5.41 Å². The Bertz CT molecular complexity index is 283. The van der Waals surface area contributed by atoms with Gasteiger partial charge in [-0.15, -0.1) is 0 Å². The first-order chi connectivity index (χ1) is 7.01. The summed E-state index contributed by atoms with van der Waals surface area (Å²) in [5.41, 5.74) is 1.51. The molecule has 0 fully saturated rings. The third-order valence-electron chi connectivity index (χ3n) is 2.34. The predicted molar refractivity (Wildman–Crippen MR) is 63.7 cm³/mol. The van der Waals surface area contributed by atoms with Crippen molar-refractivity contribution in [2.24, 2.45) is 5.41 Å². The normalized spacial score (nSPS) is 12.0. The van der Waals surface area contributed by atoms with Gasteiger partial charge in [-0.3, -0.25) is 4.68 Å². The summed E-state index contributed by atoms with van der Waals surface area (Å²) in [5.74, 6) is 0. The quantitative estimate of drug-likeness (QED) is 0.807. The molecule has 15 heavy (non-hydrogen) atoms. The Morgan fingerprint density at radius 1 is 1.40 bits per heavy atom. The van der Waals surface area contributed by atoms with Crippen LogP contribution in [0.3, 0.4) is 0 Å². The van der Waals surface area contributed by atoms with E-state index in [1.54, 1.807) is 0 Å². The molecule has 3 nitrogen and oxygen atoms in total. The van der Waals surface area contributed by atoms with Crippen molar-refractivity contribution in [1.29, 1.82) is 0 Å². The van der Waals surface area contributed by atoms with E-state index in [1.165, 1.54) is 0 Å². The molecule has 0 amide bonds. The average molecular weight is 209 g/mol. The first kappa shape index (κ1) is 12.2. The van der Waals surface area contributed by atoms with Crippen LogP contribution in [-0.2, 0) is 13.1 Å². The first-order valence-corrected chi connectivity index (χ1v) is 5.74. The van der Waals surface area contributed by atoms with E-state index in [9.17, 15) is 0 Å². The third-order valence-corrected chi connectivity index (χ3v) is 2.34. The minimum atomic E-state index is 0.383. The van der Waals surface area contributed by atoms with E-state index in [4.69, 9.17) is 0 Å². The van der Waals surface area contributed by atoms with Gasteiger partial charge in [0.25, 0.3) is 0 Å². The van der Waals surface area contributed by atoms with Gasteiger partial charge in [-0.25, -0.2) is 0 Å². The molecule has 0 bridgehead atoms. The molecular formula is C12H23N3. The van der Waals surface area contributed by atoms with Crippen LogP contribution in [0.25, 0.3) is 0 Å². The molecule has 0 saturated carbocycles. The summed E-state index contributed by atoms with van der Waals surface area (Å²) >= 11 is 0. The minimum absolute atomic E-state index is 0.383. The van der Waals surface area contributed by atoms with Gasteiger partial charge in [0.1, 0.15) is 0 Å². The molecule has 0 unspecified atom stereocenters. The molecule has 3 heteroatoms. The second-order valence-electron chi connectivity index (χ2n) is 5.16. The number of nitrogens with one attached hydrogen (secondary N) is 1. The van der Waals surface area contributed by atoms with Gasteiger partial charge in [0.15, 0.2) is 0 Å². The molecule has 0 aliphatic heterocycles. The van der Waals surface area contributed by atoms with Gasteiger partial charge in [0, 0.05) is 19.3 Å². The number of aryl methyl sites for hydroxylation is 1. The fourth-order valence-electron chi connectivity index (χ4n) is 1.33. The topological polar surface area (TPSA) is 29.9 Å². The third kappa shape index (κ3) is 4.98. The molecule has 1 heterocycles. The lowest BCUT2D eigenvalue weighted by atomic mass is 9.92. The second kappa shape index (κ2) is 5.31. The molecule has 1 aromatic rings. The summed E-state index contributed by atoms with van der Waals surface area (Å²) < 4.78 is 2.04. The molecular weight excluding hydrogens is 186 g/mol. The van der Waals surface area contributed by atoms with Crippen molar-refractivity contribution >= 4 is 0 Å². The van der Waals surface area contributed by atoms with Gasteiger partial charge >= 0.3 is 0 Å². The van der Waals surface area contributed by atoms with Crippen molar-refractivity contribution in [3.63, 3.8) is 0 Å². The lowest BCUT2D eigenvalue weighted by Crippen LogP contribution is -2.14. The largest absolute Gasteiger partial charge is 0.311 e. The second-order valence-corrected chi connectivity index (χ2v) is 5.16. The van der Waals surface area contributed by atoms with Crippen LogP contribution in [0.1, 0.15) is 39.8 Å². The Kier molecular flexibility index (Phi) is 4.33. The predicted octanol–water partition coefficient (Wildman–Crippen LogP) is 2.43. The fraction of sp³-hybridized carbons (Fsp3) is 0.750. The number of nitrogens with zero attached hydrogens (tertiary/aromatic N) is 2. The Labute approximate surface area is 92.9 Å². The molecule has 0 aromatic carbocycles. The van der Waals surface area contributed by atoms with Gasteiger partial charge in [0.05, 0.1) is 5.69 Å². The molecule has 86 valence electrons. The van der Waals surface area contributed by atoms with E-state index in [1.807, 2.05) is 4.68 Å². The van der Waals surface area contributed by atoms with E-state index in [0.29, 0.717) is 5.41 Å². The number of hydrogen-bond donors (Lipinski definition) is 1. The zero-order valence-corrected chi connectivity index (χ0v) is 10.4. The van der Waals surface area contributed by atoms with Gasteiger partial charge in [-0.1, -0.05) is 27.7 Å². The summed E-state index contributed by atoms with van der Waals surface area (Å²) in [6.45, 7) is 11.8. The first-order valence-electron chi connectivity index (χ1n) is 5.74. The maximum Gasteiger partial charge on any atom is 0.0762 e. The van der Waals surface area contributed by atoms with Crippen molar-refractivity contribution in [2.45, 2.75) is 47.2 Å². The van der Waals surface area contributed by atoms with Gasteiger partial charge < -0.3 is 5.32 Å². The zero-order valence-electron chi connectivity index (χ0n) is 10.4. The molecule has 0 aliphatic rings. The van der Waals surface area contributed by atoms with Crippen molar-refractivity contribution in [3.8, 4) is 0 Å². The van der Waals surface area contributed by atoms with Crippen LogP contribution in [0.15, 0.2) is 12.3 Å². The maximum absolute atomic E-state index is 4.50. The summed E-state index contributed by atoms with van der Waals surface area (Å²) in [6.07, 6.45) is 3.23. The van der Waals surface area contributed by atoms with Crippen molar-refractivity contribution in [2.75, 3.05) is 6.54 Å². The smallest absolute Gasteiger partial charge is 0.0762 e. The molecule has 1 rings (SSSR count). The van der Waals surface area contributed by atoms with Crippen LogP contribution < -0.4 is 5.32 Å². The monoisotopic (exact) mass is 209 g/mol. The van der Waals surface area contributed by atoms with Gasteiger partial charge in [-0.05, 0) is 24.4 Å². The van der Waals surface area contributed by atoms with Crippen LogP contribution in [0.5, 0.6) is 0 Å². The standard InChI is InChI=1S/C12H23N3/c1-5-13-10-11-6-8-15(14-11)9-7-12(2,3)4/h6,8,13H,5,7,9-10H2,1-4H3. The highest BCUT2D eigenvalue weighted by molar-refractivity contribution is 4.98. The lowest BCUT2D eigenvalue weighted by Gasteiger charge is -2.17. The highest BCUT2D eigenvalue weighted by Gasteiger charge is 2.10. The molecule has 0 aliphatic carbocycles. The average Bonchev–Trinajstić information content (AvgIpc) is 2.58. The highest BCUT2D eigenvalue weighted by atomic mass is 15.3. The van der Waals surface area contributed by atoms with Crippen molar-refractivity contribution < 1.29 is 0 Å². The van der Waals surface area contributed by atoms with Gasteiger partial charge in [-0.2, -0.15) is 5.10 Å². The van der Waals surface area contributed by atoms with E-state index in [0.717, 1.165) is 31.7 Å². The molecule has 1 aromatic heterocycles. The summed E-state index contributed by atoms with van der Waals surface area (Å²) in [5, 5.41) is 7.78. The van der Waals surface area contributed by atoms with E-state index in [2.05, 4.69) is 50.4 Å². The number of aromatic nitrogens is 2. The maximum atomic E-state index is 4.50. The van der Waals surface area contributed by atoms with E-state index in [-0.39, 0.29) is 0 Å². The molecule has 1 N–H and O–H groups in total. The van der Waals surface area contributed by atoms with Crippen molar-refractivity contribution in [1.82, 2.24) is 15.1 Å². The van der Waals surface area contributed by atoms with Gasteiger partial charge in [0.2, 0.25) is 0 Å². The lowest BCUT2D eigenvalue weighted by molar-refractivity contribution is 0.340. The summed E-state index contributed by atoms with van der Waals surface area (Å²) in [6, 6.07) is 2.09. The highest BCUT2D eigenvalue weighted by Crippen LogP contribution is 2.18. The van der Waals surface area contributed by atoms with E-state index < -0.39 is 0 Å². The van der Waals surface area contributed by atoms with Crippen molar-refractivity contribution in [3.05, 3.63) is 18.0 Å². The van der Waals surface area contributed by atoms with Crippen LogP contribution in [0.4, 0.5) is 0 Å². The van der Waals surface area contributed by atoms with Crippen LogP contribution in [0.2, 0.25) is 0 Å². The Morgan fingerprint density at radius 2 is 2.13 bits per heavy atom. The molecule has 0 radical (unpaired) electrons. The SMILES string of the molecule is CCNCc1ccn(CCC(C)(C)C)n1. The fourth-order valence-corrected chi connectivity index (χ4v) is 1.33.